The monoisotopic (exact) mass is 432 g/mol. The molecule has 2 aromatic rings. The van der Waals surface area contributed by atoms with Crippen LogP contribution in [0, 0.1) is 0 Å². The lowest BCUT2D eigenvalue weighted by atomic mass is 10.2. The number of rotatable bonds is 8. The molecule has 1 aliphatic rings. The minimum absolute atomic E-state index is 0.0836. The third-order valence-corrected chi connectivity index (χ3v) is 4.73. The molecule has 166 valence electrons. The van der Waals surface area contributed by atoms with Gasteiger partial charge in [-0.25, -0.2) is 9.78 Å². The highest BCUT2D eigenvalue weighted by molar-refractivity contribution is 5.91. The van der Waals surface area contributed by atoms with Gasteiger partial charge in [0, 0.05) is 43.7 Å². The Morgan fingerprint density at radius 1 is 1.35 bits per heavy atom. The fraction of sp³-hybridized carbons (Fsp3) is 0.421. The van der Waals surface area contributed by atoms with E-state index in [0.29, 0.717) is 5.69 Å². The number of aliphatic hydroxyl groups is 1. The molecule has 0 spiro atoms. The molecule has 0 aromatic carbocycles. The zero-order valence-electron chi connectivity index (χ0n) is 16.8. The van der Waals surface area contributed by atoms with Crippen molar-refractivity contribution in [2.45, 2.75) is 38.2 Å². The maximum atomic E-state index is 12.1. The van der Waals surface area contributed by atoms with E-state index in [-0.39, 0.29) is 37.4 Å². The Balaban J connectivity index is 1.51. The lowest BCUT2D eigenvalue weighted by Crippen LogP contribution is -2.35. The third-order valence-electron chi connectivity index (χ3n) is 4.73. The van der Waals surface area contributed by atoms with Crippen molar-refractivity contribution in [1.29, 1.82) is 0 Å². The van der Waals surface area contributed by atoms with Gasteiger partial charge < -0.3 is 25.5 Å². The van der Waals surface area contributed by atoms with Crippen molar-refractivity contribution >= 4 is 17.9 Å². The van der Waals surface area contributed by atoms with Crippen LogP contribution in [0.3, 0.4) is 0 Å². The Labute approximate surface area is 176 Å². The summed E-state index contributed by atoms with van der Waals surface area (Å²) >= 11 is 0. The Bertz CT molecular complexity index is 1050. The second kappa shape index (κ2) is 10.00. The number of H-pyrrole nitrogens is 2. The van der Waals surface area contributed by atoms with Crippen molar-refractivity contribution in [3.05, 3.63) is 56.9 Å². The number of aliphatic hydroxyl groups excluding tert-OH is 1. The molecule has 12 heteroatoms. The topological polar surface area (TPSA) is 171 Å². The van der Waals surface area contributed by atoms with Crippen molar-refractivity contribution in [3.8, 4) is 0 Å². The first-order valence-electron chi connectivity index (χ1n) is 9.72. The highest BCUT2D eigenvalue weighted by Gasteiger charge is 2.32. The summed E-state index contributed by atoms with van der Waals surface area (Å²) in [7, 11) is 0. The zero-order valence-corrected chi connectivity index (χ0v) is 16.8. The van der Waals surface area contributed by atoms with Gasteiger partial charge in [0.1, 0.15) is 6.23 Å². The van der Waals surface area contributed by atoms with Crippen LogP contribution in [0.15, 0.2) is 34.4 Å². The van der Waals surface area contributed by atoms with Crippen LogP contribution in [0.4, 0.5) is 0 Å². The van der Waals surface area contributed by atoms with Gasteiger partial charge in [0.25, 0.3) is 5.56 Å². The molecular formula is C19H24N6O6. The van der Waals surface area contributed by atoms with Crippen molar-refractivity contribution < 1.29 is 19.4 Å². The minimum Gasteiger partial charge on any atom is -0.390 e. The fourth-order valence-electron chi connectivity index (χ4n) is 3.03. The predicted octanol–water partition coefficient (Wildman–Crippen LogP) is -1.58. The number of ether oxygens (including phenoxy) is 1. The number of carbonyl (C=O) groups excluding carboxylic acids is 2. The SMILES string of the molecule is CC1OC(n2cc(/C=C/C(=O)NCCNC(=O)Cc3cnc[nH]3)c(=O)[nH]c2=O)C[C@H]1O. The largest absolute Gasteiger partial charge is 0.390 e. The summed E-state index contributed by atoms with van der Waals surface area (Å²) < 4.78 is 6.71. The predicted molar refractivity (Wildman–Crippen MR) is 109 cm³/mol. The molecule has 2 amide bonds. The Morgan fingerprint density at radius 2 is 2.13 bits per heavy atom. The maximum absolute atomic E-state index is 12.1. The van der Waals surface area contributed by atoms with Crippen molar-refractivity contribution in [3.63, 3.8) is 0 Å². The first-order valence-corrected chi connectivity index (χ1v) is 9.72. The molecule has 12 nitrogen and oxygen atoms in total. The number of carbonyl (C=O) groups is 2. The molecule has 1 aliphatic heterocycles. The number of aromatic nitrogens is 4. The van der Waals surface area contributed by atoms with Gasteiger partial charge in [-0.15, -0.1) is 0 Å². The van der Waals surface area contributed by atoms with E-state index in [2.05, 4.69) is 25.6 Å². The maximum Gasteiger partial charge on any atom is 0.330 e. The van der Waals surface area contributed by atoms with Crippen LogP contribution in [-0.2, 0) is 20.7 Å². The number of aromatic amines is 2. The summed E-state index contributed by atoms with van der Waals surface area (Å²) in [6.45, 7) is 2.11. The van der Waals surface area contributed by atoms with Gasteiger partial charge >= 0.3 is 5.69 Å². The van der Waals surface area contributed by atoms with Gasteiger partial charge in [-0.1, -0.05) is 0 Å². The van der Waals surface area contributed by atoms with Crippen LogP contribution in [0.25, 0.3) is 6.08 Å². The summed E-state index contributed by atoms with van der Waals surface area (Å²) in [5.41, 5.74) is -0.546. The molecule has 0 aliphatic carbocycles. The summed E-state index contributed by atoms with van der Waals surface area (Å²) in [6.07, 6.45) is 5.26. The summed E-state index contributed by atoms with van der Waals surface area (Å²) in [5, 5.41) is 15.0. The smallest absolute Gasteiger partial charge is 0.330 e. The first-order chi connectivity index (χ1) is 14.8. The molecule has 0 bridgehead atoms. The zero-order chi connectivity index (χ0) is 22.4. The van der Waals surface area contributed by atoms with E-state index in [0.717, 1.165) is 6.08 Å². The Morgan fingerprint density at radius 3 is 2.81 bits per heavy atom. The lowest BCUT2D eigenvalue weighted by molar-refractivity contribution is -0.121. The van der Waals surface area contributed by atoms with Crippen LogP contribution in [0.1, 0.15) is 30.8 Å². The van der Waals surface area contributed by atoms with E-state index >= 15 is 0 Å². The molecule has 3 rings (SSSR count). The fourth-order valence-corrected chi connectivity index (χ4v) is 3.03. The van der Waals surface area contributed by atoms with Gasteiger partial charge in [0.15, 0.2) is 0 Å². The number of hydrogen-bond donors (Lipinski definition) is 5. The molecule has 3 atom stereocenters. The molecule has 1 fully saturated rings. The van der Waals surface area contributed by atoms with E-state index in [4.69, 9.17) is 4.74 Å². The minimum atomic E-state index is -0.714. The van der Waals surface area contributed by atoms with Crippen LogP contribution in [0.2, 0.25) is 0 Å². The van der Waals surface area contributed by atoms with Gasteiger partial charge in [0.05, 0.1) is 30.5 Å². The standard InChI is InChI=1S/C19H24N6O6/c1-11-14(26)7-17(31-11)25-9-12(18(29)24-19(25)30)2-3-15(27)21-4-5-22-16(28)6-13-8-20-10-23-13/h2-3,8-11,14,17,26H,4-7H2,1H3,(H,20,23)(H,21,27)(H,22,28)(H,24,29,30)/b3-2+/t11?,14-,17?/m1/s1. The van der Waals surface area contributed by atoms with E-state index in [1.54, 1.807) is 13.1 Å². The number of nitrogens with one attached hydrogen (secondary N) is 4. The van der Waals surface area contributed by atoms with Crippen LogP contribution >= 0.6 is 0 Å². The Kier molecular flexibility index (Phi) is 7.15. The van der Waals surface area contributed by atoms with E-state index in [1.807, 2.05) is 0 Å². The quantitative estimate of drug-likeness (QED) is 0.247. The lowest BCUT2D eigenvalue weighted by Gasteiger charge is -2.13. The van der Waals surface area contributed by atoms with Crippen molar-refractivity contribution in [2.75, 3.05) is 13.1 Å². The van der Waals surface area contributed by atoms with Crippen molar-refractivity contribution in [2.24, 2.45) is 0 Å². The number of nitrogens with zero attached hydrogens (tertiary/aromatic N) is 2. The number of imidazole rings is 1. The molecule has 2 unspecified atom stereocenters. The summed E-state index contributed by atoms with van der Waals surface area (Å²) in [6, 6.07) is 0. The van der Waals surface area contributed by atoms with E-state index in [1.165, 1.54) is 23.2 Å². The molecule has 1 saturated heterocycles. The molecule has 0 radical (unpaired) electrons. The van der Waals surface area contributed by atoms with Crippen LogP contribution in [0.5, 0.6) is 0 Å². The molecule has 31 heavy (non-hydrogen) atoms. The van der Waals surface area contributed by atoms with E-state index < -0.39 is 35.6 Å². The molecule has 2 aromatic heterocycles. The average Bonchev–Trinajstić information content (AvgIpc) is 3.34. The number of hydrogen-bond acceptors (Lipinski definition) is 7. The van der Waals surface area contributed by atoms with Crippen LogP contribution in [-0.4, -0.2) is 61.7 Å². The molecule has 5 N–H and O–H groups in total. The van der Waals surface area contributed by atoms with Crippen molar-refractivity contribution in [1.82, 2.24) is 30.2 Å². The van der Waals surface area contributed by atoms with Crippen LogP contribution < -0.4 is 21.9 Å². The van der Waals surface area contributed by atoms with Gasteiger partial charge in [0.2, 0.25) is 11.8 Å². The highest BCUT2D eigenvalue weighted by Crippen LogP contribution is 2.27. The van der Waals surface area contributed by atoms with Gasteiger partial charge in [-0.3, -0.25) is 23.9 Å². The first kappa shape index (κ1) is 22.2. The molecule has 3 heterocycles. The molecular weight excluding hydrogens is 408 g/mol. The summed E-state index contributed by atoms with van der Waals surface area (Å²) in [4.78, 5) is 56.6. The third kappa shape index (κ3) is 5.99. The normalized spacial score (nSPS) is 20.8. The number of amides is 2. The van der Waals surface area contributed by atoms with Gasteiger partial charge in [-0.2, -0.15) is 0 Å². The average molecular weight is 432 g/mol. The molecule has 0 saturated carbocycles. The van der Waals surface area contributed by atoms with E-state index in [9.17, 15) is 24.3 Å². The Hall–Kier alpha value is -3.51. The second-order valence-corrected chi connectivity index (χ2v) is 7.08. The summed E-state index contributed by atoms with van der Waals surface area (Å²) in [5.74, 6) is -0.683. The second-order valence-electron chi connectivity index (χ2n) is 7.08. The highest BCUT2D eigenvalue weighted by atomic mass is 16.5. The van der Waals surface area contributed by atoms with Gasteiger partial charge in [-0.05, 0) is 13.0 Å².